The molecule has 0 aromatic heterocycles. The van der Waals surface area contributed by atoms with Gasteiger partial charge in [0.25, 0.3) is 0 Å². The Hall–Kier alpha value is -0.810. The predicted molar refractivity (Wildman–Crippen MR) is 90.5 cm³/mol. The van der Waals surface area contributed by atoms with Crippen LogP contribution >= 0.6 is 12.4 Å². The van der Waals surface area contributed by atoms with Gasteiger partial charge in [0.2, 0.25) is 5.91 Å². The highest BCUT2D eigenvalue weighted by Crippen LogP contribution is 2.34. The maximum atomic E-state index is 12.7. The minimum absolute atomic E-state index is 0. The molecule has 0 aromatic carbocycles. The summed E-state index contributed by atoms with van der Waals surface area (Å²) in [6.45, 7) is 3.65. The van der Waals surface area contributed by atoms with Crippen LogP contribution in [0.5, 0.6) is 0 Å². The lowest BCUT2D eigenvalue weighted by Gasteiger charge is -2.32. The molecule has 2 saturated heterocycles. The Labute approximate surface area is 144 Å². The largest absolute Gasteiger partial charge is 0.466 e. The zero-order valence-electron chi connectivity index (χ0n) is 14.0. The molecule has 3 rings (SSSR count). The van der Waals surface area contributed by atoms with Crippen LogP contribution in [0.1, 0.15) is 51.9 Å². The van der Waals surface area contributed by atoms with Crippen molar-refractivity contribution in [3.05, 3.63) is 0 Å². The van der Waals surface area contributed by atoms with E-state index in [9.17, 15) is 9.59 Å². The second kappa shape index (κ2) is 8.34. The Bertz CT molecular complexity index is 410. The first-order valence-corrected chi connectivity index (χ1v) is 8.90. The van der Waals surface area contributed by atoms with Crippen molar-refractivity contribution in [3.8, 4) is 0 Å². The number of carbonyl (C=O) groups is 2. The summed E-state index contributed by atoms with van der Waals surface area (Å²) < 4.78 is 5.09. The van der Waals surface area contributed by atoms with E-state index in [0.717, 1.165) is 19.3 Å². The van der Waals surface area contributed by atoms with Crippen molar-refractivity contribution in [3.63, 3.8) is 0 Å². The molecule has 2 aliphatic heterocycles. The highest BCUT2D eigenvalue weighted by molar-refractivity contribution is 5.85. The topological polar surface area (TPSA) is 58.6 Å². The first-order chi connectivity index (χ1) is 10.7. The molecule has 3 atom stereocenters. The molecule has 5 nitrogen and oxygen atoms in total. The van der Waals surface area contributed by atoms with Crippen LogP contribution in [0.3, 0.4) is 0 Å². The average molecular weight is 345 g/mol. The first-order valence-electron chi connectivity index (χ1n) is 8.90. The molecule has 1 N–H and O–H groups in total. The fourth-order valence-electron chi connectivity index (χ4n) is 4.33. The molecule has 1 amide bonds. The second-order valence-corrected chi connectivity index (χ2v) is 6.96. The van der Waals surface area contributed by atoms with Gasteiger partial charge in [-0.2, -0.15) is 0 Å². The third kappa shape index (κ3) is 4.18. The quantitative estimate of drug-likeness (QED) is 0.797. The molecule has 0 aromatic rings. The highest BCUT2D eigenvalue weighted by Gasteiger charge is 2.40. The van der Waals surface area contributed by atoms with Crippen LogP contribution in [0.15, 0.2) is 0 Å². The van der Waals surface area contributed by atoms with Crippen molar-refractivity contribution in [2.24, 2.45) is 11.8 Å². The van der Waals surface area contributed by atoms with Crippen molar-refractivity contribution in [1.82, 2.24) is 10.2 Å². The summed E-state index contributed by atoms with van der Waals surface area (Å²) in [6.07, 6.45) is 7.58. The molecular formula is C17H29ClN2O3. The molecular weight excluding hydrogens is 316 g/mol. The Morgan fingerprint density at radius 1 is 1.13 bits per heavy atom. The summed E-state index contributed by atoms with van der Waals surface area (Å²) >= 11 is 0. The number of nitrogens with one attached hydrogen (secondary N) is 1. The van der Waals surface area contributed by atoms with Gasteiger partial charge >= 0.3 is 5.97 Å². The first kappa shape index (κ1) is 18.5. The Morgan fingerprint density at radius 2 is 1.83 bits per heavy atom. The molecule has 2 heterocycles. The van der Waals surface area contributed by atoms with Crippen LogP contribution in [0.25, 0.3) is 0 Å². The SMILES string of the molecule is CCOC(=O)C1CCN(C(=O)C2CC3CCCCC3N2)CC1.Cl. The Balaban J connectivity index is 0.00000192. The van der Waals surface area contributed by atoms with Gasteiger partial charge in [-0.05, 0) is 44.9 Å². The lowest BCUT2D eigenvalue weighted by atomic mass is 9.85. The van der Waals surface area contributed by atoms with Crippen LogP contribution in [0, 0.1) is 11.8 Å². The Morgan fingerprint density at radius 3 is 2.48 bits per heavy atom. The molecule has 3 unspecified atom stereocenters. The normalized spacial score (nSPS) is 31.2. The van der Waals surface area contributed by atoms with Gasteiger partial charge in [-0.15, -0.1) is 12.4 Å². The van der Waals surface area contributed by atoms with Gasteiger partial charge in [0.1, 0.15) is 0 Å². The smallest absolute Gasteiger partial charge is 0.309 e. The number of hydrogen-bond donors (Lipinski definition) is 1. The van der Waals surface area contributed by atoms with E-state index in [4.69, 9.17) is 4.74 Å². The van der Waals surface area contributed by atoms with Gasteiger partial charge in [-0.3, -0.25) is 9.59 Å². The van der Waals surface area contributed by atoms with Crippen molar-refractivity contribution in [2.45, 2.75) is 64.0 Å². The number of nitrogens with zero attached hydrogens (tertiary/aromatic N) is 1. The summed E-state index contributed by atoms with van der Waals surface area (Å²) in [4.78, 5) is 26.4. The van der Waals surface area contributed by atoms with Crippen molar-refractivity contribution in [1.29, 1.82) is 0 Å². The van der Waals surface area contributed by atoms with Gasteiger partial charge in [-0.1, -0.05) is 12.8 Å². The van der Waals surface area contributed by atoms with E-state index in [2.05, 4.69) is 5.32 Å². The molecule has 1 aliphatic carbocycles. The van der Waals surface area contributed by atoms with Crippen molar-refractivity contribution < 1.29 is 14.3 Å². The van der Waals surface area contributed by atoms with Crippen LogP contribution in [-0.4, -0.2) is 48.6 Å². The fourth-order valence-corrected chi connectivity index (χ4v) is 4.33. The number of ether oxygens (including phenoxy) is 1. The lowest BCUT2D eigenvalue weighted by Crippen LogP contribution is -2.49. The van der Waals surface area contributed by atoms with Crippen LogP contribution in [0.2, 0.25) is 0 Å². The molecule has 3 fully saturated rings. The number of hydrogen-bond acceptors (Lipinski definition) is 4. The minimum Gasteiger partial charge on any atom is -0.466 e. The number of esters is 1. The van der Waals surface area contributed by atoms with Crippen LogP contribution < -0.4 is 5.32 Å². The molecule has 0 spiro atoms. The summed E-state index contributed by atoms with van der Waals surface area (Å²) in [7, 11) is 0. The van der Waals surface area contributed by atoms with E-state index >= 15 is 0 Å². The number of piperidine rings is 1. The molecule has 0 bridgehead atoms. The van der Waals surface area contributed by atoms with E-state index < -0.39 is 0 Å². The zero-order valence-corrected chi connectivity index (χ0v) is 14.8. The lowest BCUT2D eigenvalue weighted by molar-refractivity contribution is -0.151. The standard InChI is InChI=1S/C17H28N2O3.ClH/c1-2-22-17(21)12-7-9-19(10-8-12)16(20)15-11-13-5-3-4-6-14(13)18-15;/h12-15,18H,2-11H2,1H3;1H. The third-order valence-corrected chi connectivity index (χ3v) is 5.59. The van der Waals surface area contributed by atoms with E-state index in [-0.39, 0.29) is 36.2 Å². The molecule has 6 heteroatoms. The summed E-state index contributed by atoms with van der Waals surface area (Å²) in [5.74, 6) is 0.819. The third-order valence-electron chi connectivity index (χ3n) is 5.59. The maximum Gasteiger partial charge on any atom is 0.309 e. The van der Waals surface area contributed by atoms with E-state index in [1.807, 2.05) is 11.8 Å². The number of fused-ring (bicyclic) bond motifs is 1. The van der Waals surface area contributed by atoms with Crippen LogP contribution in [-0.2, 0) is 14.3 Å². The van der Waals surface area contributed by atoms with Gasteiger partial charge < -0.3 is 15.0 Å². The minimum atomic E-state index is -0.0976. The van der Waals surface area contributed by atoms with Gasteiger partial charge in [0, 0.05) is 19.1 Å². The summed E-state index contributed by atoms with van der Waals surface area (Å²) in [6, 6.07) is 0.562. The maximum absolute atomic E-state index is 12.7. The molecule has 3 aliphatic rings. The average Bonchev–Trinajstić information content (AvgIpc) is 2.98. The highest BCUT2D eigenvalue weighted by atomic mass is 35.5. The fraction of sp³-hybridized carbons (Fsp3) is 0.882. The number of halogens is 1. The molecule has 1 saturated carbocycles. The molecule has 23 heavy (non-hydrogen) atoms. The van der Waals surface area contributed by atoms with E-state index in [1.54, 1.807) is 0 Å². The predicted octanol–water partition coefficient (Wildman–Crippen LogP) is 2.13. The Kier molecular flexibility index (Phi) is 6.72. The number of rotatable bonds is 3. The van der Waals surface area contributed by atoms with Gasteiger partial charge in [0.05, 0.1) is 18.6 Å². The zero-order chi connectivity index (χ0) is 15.5. The van der Waals surface area contributed by atoms with Gasteiger partial charge in [0.15, 0.2) is 0 Å². The number of carbonyl (C=O) groups excluding carboxylic acids is 2. The molecule has 0 radical (unpaired) electrons. The van der Waals surface area contributed by atoms with Gasteiger partial charge in [-0.25, -0.2) is 0 Å². The number of amides is 1. The second-order valence-electron chi connectivity index (χ2n) is 6.96. The summed E-state index contributed by atoms with van der Waals surface area (Å²) in [5.41, 5.74) is 0. The molecule has 132 valence electrons. The van der Waals surface area contributed by atoms with E-state index in [0.29, 0.717) is 31.7 Å². The van der Waals surface area contributed by atoms with Crippen LogP contribution in [0.4, 0.5) is 0 Å². The number of likely N-dealkylation sites (tertiary alicyclic amines) is 1. The van der Waals surface area contributed by atoms with Crippen molar-refractivity contribution >= 4 is 24.3 Å². The monoisotopic (exact) mass is 344 g/mol. The van der Waals surface area contributed by atoms with E-state index in [1.165, 1.54) is 25.7 Å². The van der Waals surface area contributed by atoms with Crippen molar-refractivity contribution in [2.75, 3.05) is 19.7 Å². The summed E-state index contributed by atoms with van der Waals surface area (Å²) in [5, 5.41) is 3.56.